The van der Waals surface area contributed by atoms with Crippen LogP contribution in [0.25, 0.3) is 11.0 Å². The molecular formula is C19H20N4. The summed E-state index contributed by atoms with van der Waals surface area (Å²) in [5, 5.41) is 0. The van der Waals surface area contributed by atoms with Crippen LogP contribution in [0, 0.1) is 0 Å². The summed E-state index contributed by atoms with van der Waals surface area (Å²) in [7, 11) is 2.03. The Balaban J connectivity index is 1.69. The summed E-state index contributed by atoms with van der Waals surface area (Å²) in [5.74, 6) is 0.877. The molecule has 1 aliphatic heterocycles. The Kier molecular flexibility index (Phi) is 3.58. The monoisotopic (exact) mass is 304 g/mol. The van der Waals surface area contributed by atoms with Gasteiger partial charge in [0.2, 0.25) is 0 Å². The van der Waals surface area contributed by atoms with E-state index in [2.05, 4.69) is 38.7 Å². The second kappa shape index (κ2) is 5.88. The molecule has 0 unspecified atom stereocenters. The van der Waals surface area contributed by atoms with Gasteiger partial charge < -0.3 is 9.47 Å². The molecule has 0 spiro atoms. The number of aromatic nitrogens is 2. The number of hydrogen-bond donors (Lipinski definition) is 0. The second-order valence-electron chi connectivity index (χ2n) is 5.96. The molecule has 1 fully saturated rings. The number of hydrogen-bond acceptors (Lipinski definition) is 3. The fourth-order valence-electron chi connectivity index (χ4n) is 3.21. The molecule has 0 N–H and O–H groups in total. The van der Waals surface area contributed by atoms with Crippen LogP contribution in [0.3, 0.4) is 0 Å². The molecule has 1 aliphatic rings. The minimum absolute atomic E-state index is 0.877. The quantitative estimate of drug-likeness (QED) is 0.687. The molecule has 1 aromatic heterocycles. The maximum absolute atomic E-state index is 4.73. The number of para-hydroxylation sites is 4. The van der Waals surface area contributed by atoms with Crippen LogP contribution in [0.2, 0.25) is 0 Å². The average Bonchev–Trinajstić information content (AvgIpc) is 3.22. The third-order valence-corrected chi connectivity index (χ3v) is 4.47. The van der Waals surface area contributed by atoms with Gasteiger partial charge in [-0.2, -0.15) is 0 Å². The van der Waals surface area contributed by atoms with Crippen LogP contribution in [-0.4, -0.2) is 28.9 Å². The molecule has 4 heteroatoms. The molecule has 0 atom stereocenters. The van der Waals surface area contributed by atoms with Gasteiger partial charge in [-0.15, -0.1) is 0 Å². The van der Waals surface area contributed by atoms with Crippen LogP contribution in [0.15, 0.2) is 53.5 Å². The summed E-state index contributed by atoms with van der Waals surface area (Å²) >= 11 is 0. The zero-order valence-electron chi connectivity index (χ0n) is 13.3. The molecule has 116 valence electrons. The number of aliphatic imine (C=N–C) groups is 1. The van der Waals surface area contributed by atoms with E-state index in [1.165, 1.54) is 18.5 Å². The van der Waals surface area contributed by atoms with Gasteiger partial charge in [-0.25, -0.2) is 4.98 Å². The molecule has 0 radical (unpaired) electrons. The zero-order chi connectivity index (χ0) is 15.6. The Hall–Kier alpha value is -2.62. The maximum atomic E-state index is 4.73. The maximum Gasteiger partial charge on any atom is 0.152 e. The fraction of sp³-hybridized carbons (Fsp3) is 0.263. The van der Waals surface area contributed by atoms with Gasteiger partial charge in [0.25, 0.3) is 0 Å². The van der Waals surface area contributed by atoms with E-state index in [1.54, 1.807) is 0 Å². The molecule has 2 heterocycles. The van der Waals surface area contributed by atoms with Crippen LogP contribution < -0.4 is 4.90 Å². The lowest BCUT2D eigenvalue weighted by Crippen LogP contribution is -2.17. The van der Waals surface area contributed by atoms with Gasteiger partial charge in [0, 0.05) is 20.1 Å². The second-order valence-corrected chi connectivity index (χ2v) is 5.96. The van der Waals surface area contributed by atoms with Crippen molar-refractivity contribution in [3.8, 4) is 0 Å². The summed E-state index contributed by atoms with van der Waals surface area (Å²) in [6, 6.07) is 16.5. The highest BCUT2D eigenvalue weighted by atomic mass is 15.2. The number of aryl methyl sites for hydroxylation is 1. The smallest absolute Gasteiger partial charge is 0.152 e. The molecule has 2 aromatic carbocycles. The third kappa shape index (κ3) is 2.61. The SMILES string of the molecule is Cn1c(C=Nc2ccccc2N2CCCC2)nc2ccccc21. The predicted octanol–water partition coefficient (Wildman–Crippen LogP) is 3.92. The van der Waals surface area contributed by atoms with Crippen LogP contribution in [0.1, 0.15) is 18.7 Å². The van der Waals surface area contributed by atoms with Crippen molar-refractivity contribution < 1.29 is 0 Å². The van der Waals surface area contributed by atoms with Gasteiger partial charge in [-0.1, -0.05) is 24.3 Å². The lowest BCUT2D eigenvalue weighted by atomic mass is 10.2. The number of imidazole rings is 1. The zero-order valence-corrected chi connectivity index (χ0v) is 13.3. The minimum Gasteiger partial charge on any atom is -0.370 e. The van der Waals surface area contributed by atoms with Crippen LogP contribution >= 0.6 is 0 Å². The minimum atomic E-state index is 0.877. The Bertz CT molecular complexity index is 857. The molecular weight excluding hydrogens is 284 g/mol. The highest BCUT2D eigenvalue weighted by Crippen LogP contribution is 2.30. The lowest BCUT2D eigenvalue weighted by molar-refractivity contribution is 0.934. The van der Waals surface area contributed by atoms with Crippen molar-refractivity contribution >= 4 is 28.6 Å². The van der Waals surface area contributed by atoms with E-state index in [0.29, 0.717) is 0 Å². The summed E-state index contributed by atoms with van der Waals surface area (Å²) < 4.78 is 2.08. The van der Waals surface area contributed by atoms with E-state index >= 15 is 0 Å². The number of fused-ring (bicyclic) bond motifs is 1. The van der Waals surface area contributed by atoms with Crippen molar-refractivity contribution in [2.24, 2.45) is 12.0 Å². The number of nitrogens with zero attached hydrogens (tertiary/aromatic N) is 4. The first-order valence-electron chi connectivity index (χ1n) is 8.12. The Labute approximate surface area is 136 Å². The van der Waals surface area contributed by atoms with Gasteiger partial charge >= 0.3 is 0 Å². The molecule has 3 aromatic rings. The van der Waals surface area contributed by atoms with Crippen molar-refractivity contribution in [1.82, 2.24) is 9.55 Å². The summed E-state index contributed by atoms with van der Waals surface area (Å²) in [5.41, 5.74) is 4.37. The van der Waals surface area contributed by atoms with E-state index in [4.69, 9.17) is 4.99 Å². The number of anilines is 1. The largest absolute Gasteiger partial charge is 0.370 e. The Morgan fingerprint density at radius 1 is 1.00 bits per heavy atom. The molecule has 0 saturated carbocycles. The first-order chi connectivity index (χ1) is 11.3. The van der Waals surface area contributed by atoms with E-state index in [-0.39, 0.29) is 0 Å². The Morgan fingerprint density at radius 3 is 2.57 bits per heavy atom. The van der Waals surface area contributed by atoms with E-state index in [0.717, 1.165) is 35.6 Å². The number of benzene rings is 2. The first kappa shape index (κ1) is 14.0. The van der Waals surface area contributed by atoms with E-state index in [1.807, 2.05) is 37.5 Å². The van der Waals surface area contributed by atoms with Gasteiger partial charge in [-0.05, 0) is 37.1 Å². The number of rotatable bonds is 3. The molecule has 0 aliphatic carbocycles. The molecule has 1 saturated heterocycles. The highest BCUT2D eigenvalue weighted by Gasteiger charge is 2.15. The molecule has 23 heavy (non-hydrogen) atoms. The molecule has 0 amide bonds. The third-order valence-electron chi connectivity index (χ3n) is 4.47. The van der Waals surface area contributed by atoms with Crippen molar-refractivity contribution in [1.29, 1.82) is 0 Å². The van der Waals surface area contributed by atoms with Gasteiger partial charge in [0.15, 0.2) is 5.82 Å². The normalized spacial score (nSPS) is 15.1. The van der Waals surface area contributed by atoms with Gasteiger partial charge in [0.05, 0.1) is 28.6 Å². The fourth-order valence-corrected chi connectivity index (χ4v) is 3.21. The van der Waals surface area contributed by atoms with Crippen molar-refractivity contribution in [2.75, 3.05) is 18.0 Å². The lowest BCUT2D eigenvalue weighted by Gasteiger charge is -2.19. The topological polar surface area (TPSA) is 33.4 Å². The van der Waals surface area contributed by atoms with Crippen molar-refractivity contribution in [2.45, 2.75) is 12.8 Å². The van der Waals surface area contributed by atoms with Crippen LogP contribution in [0.4, 0.5) is 11.4 Å². The average molecular weight is 304 g/mol. The van der Waals surface area contributed by atoms with E-state index in [9.17, 15) is 0 Å². The van der Waals surface area contributed by atoms with Crippen LogP contribution in [0.5, 0.6) is 0 Å². The van der Waals surface area contributed by atoms with Gasteiger partial charge in [0.1, 0.15) is 0 Å². The summed E-state index contributed by atoms with van der Waals surface area (Å²) in [4.78, 5) is 11.8. The molecule has 4 nitrogen and oxygen atoms in total. The Morgan fingerprint density at radius 2 is 1.74 bits per heavy atom. The first-order valence-corrected chi connectivity index (χ1v) is 8.12. The standard InChI is InChI=1S/C19H20N4/c1-22-17-10-4-3-9-16(17)21-19(22)14-20-15-8-2-5-11-18(15)23-12-6-7-13-23/h2-5,8-11,14H,6-7,12-13H2,1H3. The summed E-state index contributed by atoms with van der Waals surface area (Å²) in [6.07, 6.45) is 4.40. The predicted molar refractivity (Wildman–Crippen MR) is 95.9 cm³/mol. The van der Waals surface area contributed by atoms with Crippen LogP contribution in [-0.2, 0) is 7.05 Å². The van der Waals surface area contributed by atoms with Crippen molar-refractivity contribution in [3.05, 3.63) is 54.4 Å². The molecule has 4 rings (SSSR count). The van der Waals surface area contributed by atoms with Gasteiger partial charge in [-0.3, -0.25) is 4.99 Å². The van der Waals surface area contributed by atoms with E-state index < -0.39 is 0 Å². The molecule has 0 bridgehead atoms. The van der Waals surface area contributed by atoms with Crippen molar-refractivity contribution in [3.63, 3.8) is 0 Å². The summed E-state index contributed by atoms with van der Waals surface area (Å²) in [6.45, 7) is 2.25. The highest BCUT2D eigenvalue weighted by molar-refractivity contribution is 5.87.